The molecule has 0 bridgehead atoms. The van der Waals surface area contributed by atoms with Crippen molar-refractivity contribution in [1.82, 2.24) is 35.5 Å². The molecule has 2 amide bonds. The summed E-state index contributed by atoms with van der Waals surface area (Å²) in [6.07, 6.45) is -1.03. The largest absolute Gasteiger partial charge is 0.389 e. The number of amides is 2. The van der Waals surface area contributed by atoms with Gasteiger partial charge in [0.25, 0.3) is 5.91 Å². The van der Waals surface area contributed by atoms with Gasteiger partial charge in [-0.3, -0.25) is 9.59 Å². The van der Waals surface area contributed by atoms with Gasteiger partial charge in [0.1, 0.15) is 5.69 Å². The molecule has 0 saturated heterocycles. The minimum atomic E-state index is -4.34. The highest BCUT2D eigenvalue weighted by atomic mass is 19.4. The molecule has 15 heteroatoms. The molecule has 3 aromatic heterocycles. The summed E-state index contributed by atoms with van der Waals surface area (Å²) < 4.78 is 72.2. The minimum Gasteiger partial charge on any atom is -0.349 e. The first-order valence-electron chi connectivity index (χ1n) is 14.0. The second-order valence-corrected chi connectivity index (χ2v) is 11.6. The van der Waals surface area contributed by atoms with Gasteiger partial charge in [-0.1, -0.05) is 12.1 Å². The number of hydrogen-bond acceptors (Lipinski definition) is 7. The van der Waals surface area contributed by atoms with Gasteiger partial charge in [0.15, 0.2) is 11.3 Å². The van der Waals surface area contributed by atoms with Crippen molar-refractivity contribution in [3.63, 3.8) is 0 Å². The first-order chi connectivity index (χ1) is 19.8. The van der Waals surface area contributed by atoms with Crippen LogP contribution in [0.5, 0.6) is 0 Å². The minimum absolute atomic E-state index is 0.0158. The molecule has 0 radical (unpaired) electrons. The molecule has 2 fully saturated rings. The first-order valence-corrected chi connectivity index (χ1v) is 14.0. The maximum Gasteiger partial charge on any atom is 0.389 e. The van der Waals surface area contributed by atoms with Gasteiger partial charge in [-0.15, -0.1) is 0 Å². The number of imidazole rings is 1. The molecule has 0 aromatic carbocycles. The summed E-state index contributed by atoms with van der Waals surface area (Å²) in [7, 11) is 0. The van der Waals surface area contributed by atoms with E-state index in [2.05, 4.69) is 35.7 Å². The molecule has 2 N–H and O–H groups in total. The molecule has 0 spiro atoms. The van der Waals surface area contributed by atoms with E-state index in [1.807, 2.05) is 0 Å². The molecule has 3 atom stereocenters. The second-order valence-electron chi connectivity index (χ2n) is 11.6. The summed E-state index contributed by atoms with van der Waals surface area (Å²) in [5.41, 5.74) is 1.75. The van der Waals surface area contributed by atoms with Crippen molar-refractivity contribution in [2.24, 2.45) is 17.8 Å². The number of nitrogens with one attached hydrogen (secondary N) is 2. The van der Waals surface area contributed by atoms with Crippen molar-refractivity contribution < 1.29 is 36.2 Å². The second kappa shape index (κ2) is 11.6. The molecular weight excluding hydrogens is 565 g/mol. The molecule has 10 nitrogen and oxygen atoms in total. The highest BCUT2D eigenvalue weighted by Crippen LogP contribution is 2.43. The number of aryl methyl sites for hydroxylation is 1. The van der Waals surface area contributed by atoms with Crippen molar-refractivity contribution in [2.75, 3.05) is 0 Å². The third-order valence-electron chi connectivity index (χ3n) is 7.95. The molecule has 42 heavy (non-hydrogen) atoms. The van der Waals surface area contributed by atoms with Crippen LogP contribution in [0.2, 0.25) is 0 Å². The quantitative estimate of drug-likeness (QED) is 0.305. The molecular formula is C27H32F5N7O3. The average Bonchev–Trinajstić information content (AvgIpc) is 3.50. The van der Waals surface area contributed by atoms with E-state index in [0.29, 0.717) is 16.9 Å². The zero-order chi connectivity index (χ0) is 30.2. The third kappa shape index (κ3) is 7.21. The van der Waals surface area contributed by atoms with Crippen LogP contribution in [0.1, 0.15) is 97.8 Å². The molecule has 2 aliphatic carbocycles. The van der Waals surface area contributed by atoms with Gasteiger partial charge in [-0.25, -0.2) is 22.9 Å². The summed E-state index contributed by atoms with van der Waals surface area (Å²) in [6, 6.07) is 0.578. The van der Waals surface area contributed by atoms with Crippen LogP contribution in [-0.2, 0) is 4.79 Å². The molecule has 2 aliphatic rings. The molecule has 5 rings (SSSR count). The average molecular weight is 598 g/mol. The lowest BCUT2D eigenvalue weighted by Crippen LogP contribution is -2.37. The third-order valence-corrected chi connectivity index (χ3v) is 7.95. The summed E-state index contributed by atoms with van der Waals surface area (Å²) in [5, 5.41) is 17.4. The van der Waals surface area contributed by atoms with Crippen LogP contribution in [0.25, 0.3) is 5.65 Å². The SMILES string of the molecule is Cc1nonc1C(=O)N[C@H](c1cn2ncc(C(NC(=O)C[C@@H](C)CC(F)(F)F)C3CC3)cc2n1)C1CCC(F)(F)CC1. The van der Waals surface area contributed by atoms with E-state index in [1.54, 1.807) is 25.4 Å². The van der Waals surface area contributed by atoms with Crippen molar-refractivity contribution in [3.8, 4) is 0 Å². The number of carbonyl (C=O) groups is 2. The Morgan fingerprint density at radius 3 is 2.40 bits per heavy atom. The van der Waals surface area contributed by atoms with Crippen LogP contribution in [0, 0.1) is 24.7 Å². The fraction of sp³-hybridized carbons (Fsp3) is 0.630. The highest BCUT2D eigenvalue weighted by molar-refractivity contribution is 5.93. The van der Waals surface area contributed by atoms with Gasteiger partial charge in [-0.05, 0) is 67.1 Å². The van der Waals surface area contributed by atoms with Crippen molar-refractivity contribution >= 4 is 17.5 Å². The lowest BCUT2D eigenvalue weighted by atomic mass is 9.81. The Kier molecular flexibility index (Phi) is 8.21. The summed E-state index contributed by atoms with van der Waals surface area (Å²) >= 11 is 0. The monoisotopic (exact) mass is 597 g/mol. The predicted molar refractivity (Wildman–Crippen MR) is 137 cm³/mol. The van der Waals surface area contributed by atoms with Crippen LogP contribution >= 0.6 is 0 Å². The number of aromatic nitrogens is 5. The lowest BCUT2D eigenvalue weighted by molar-refractivity contribution is -0.145. The number of hydrogen-bond donors (Lipinski definition) is 2. The van der Waals surface area contributed by atoms with Crippen molar-refractivity contribution in [1.29, 1.82) is 0 Å². The van der Waals surface area contributed by atoms with Crippen LogP contribution < -0.4 is 10.6 Å². The Labute approximate surface area is 237 Å². The highest BCUT2D eigenvalue weighted by Gasteiger charge is 2.40. The van der Waals surface area contributed by atoms with Crippen LogP contribution in [0.4, 0.5) is 22.0 Å². The van der Waals surface area contributed by atoms with E-state index in [4.69, 9.17) is 0 Å². The molecule has 2 saturated carbocycles. The number of alkyl halides is 5. The number of halogens is 5. The van der Waals surface area contributed by atoms with Crippen molar-refractivity contribution in [3.05, 3.63) is 41.1 Å². The number of fused-ring (bicyclic) bond motifs is 1. The molecule has 228 valence electrons. The van der Waals surface area contributed by atoms with Gasteiger partial charge in [0, 0.05) is 25.7 Å². The molecule has 1 unspecified atom stereocenters. The zero-order valence-electron chi connectivity index (χ0n) is 23.1. The zero-order valence-corrected chi connectivity index (χ0v) is 23.1. The van der Waals surface area contributed by atoms with Gasteiger partial charge < -0.3 is 10.6 Å². The summed E-state index contributed by atoms with van der Waals surface area (Å²) in [6.45, 7) is 2.95. The topological polar surface area (TPSA) is 127 Å². The summed E-state index contributed by atoms with van der Waals surface area (Å²) in [5.74, 6) is -4.86. The van der Waals surface area contributed by atoms with E-state index in [1.165, 1.54) is 11.4 Å². The molecule has 3 aromatic rings. The lowest BCUT2D eigenvalue weighted by Gasteiger charge is -2.33. The summed E-state index contributed by atoms with van der Waals surface area (Å²) in [4.78, 5) is 30.3. The van der Waals surface area contributed by atoms with Gasteiger partial charge >= 0.3 is 6.18 Å². The number of rotatable bonds is 10. The Bertz CT molecular complexity index is 1420. The Balaban J connectivity index is 1.37. The smallest absolute Gasteiger partial charge is 0.349 e. The van der Waals surface area contributed by atoms with Crippen LogP contribution in [0.15, 0.2) is 23.1 Å². The molecule has 0 aliphatic heterocycles. The fourth-order valence-corrected chi connectivity index (χ4v) is 5.63. The predicted octanol–water partition coefficient (Wildman–Crippen LogP) is 5.26. The Morgan fingerprint density at radius 1 is 1.10 bits per heavy atom. The number of nitrogens with zero attached hydrogens (tertiary/aromatic N) is 5. The normalized spacial score (nSPS) is 19.8. The van der Waals surface area contributed by atoms with E-state index in [9.17, 15) is 31.5 Å². The van der Waals surface area contributed by atoms with E-state index < -0.39 is 48.3 Å². The van der Waals surface area contributed by atoms with Crippen LogP contribution in [0.3, 0.4) is 0 Å². The standard InChI is InChI=1S/C27H32F5N7O3/c1-14(11-27(30,31)32)9-21(40)35-23(16-3-4-16)18-10-20-34-19(13-39(20)33-12-18)24(17-5-7-26(28,29)8-6-17)36-25(41)22-15(2)37-42-38-22/h10,12-14,16-17,23-24H,3-9,11H2,1-2H3,(H,35,40)(H,36,41)/t14-,23?,24+/m1/s1. The van der Waals surface area contributed by atoms with Gasteiger partial charge in [0.05, 0.1) is 30.2 Å². The molecule has 3 heterocycles. The van der Waals surface area contributed by atoms with E-state index in [-0.39, 0.29) is 55.3 Å². The van der Waals surface area contributed by atoms with E-state index in [0.717, 1.165) is 12.8 Å². The van der Waals surface area contributed by atoms with E-state index >= 15 is 0 Å². The number of carbonyl (C=O) groups excluding carboxylic acids is 2. The van der Waals surface area contributed by atoms with Gasteiger partial charge in [0.2, 0.25) is 11.8 Å². The first kappa shape index (κ1) is 29.8. The maximum atomic E-state index is 13.9. The maximum absolute atomic E-state index is 13.9. The van der Waals surface area contributed by atoms with Crippen molar-refractivity contribution in [2.45, 2.75) is 89.4 Å². The van der Waals surface area contributed by atoms with Gasteiger partial charge in [-0.2, -0.15) is 18.3 Å². The van der Waals surface area contributed by atoms with Crippen LogP contribution in [-0.4, -0.2) is 48.8 Å². The Morgan fingerprint density at radius 2 is 1.79 bits per heavy atom. The Hall–Kier alpha value is -3.65. The fourth-order valence-electron chi connectivity index (χ4n) is 5.63.